The Labute approximate surface area is 109 Å². The van der Waals surface area contributed by atoms with Crippen LogP contribution >= 0.6 is 0 Å². The van der Waals surface area contributed by atoms with Gasteiger partial charge in [0.05, 0.1) is 0 Å². The Balaban J connectivity index is 2.70. The third kappa shape index (κ3) is 3.84. The van der Waals surface area contributed by atoms with Crippen molar-refractivity contribution in [2.45, 2.75) is 52.1 Å². The molecule has 0 heterocycles. The smallest absolute Gasteiger partial charge is 0.256 e. The van der Waals surface area contributed by atoms with Crippen LogP contribution < -0.4 is 5.32 Å². The van der Waals surface area contributed by atoms with Gasteiger partial charge in [0.25, 0.3) is 5.91 Å². The molecular weight excluding hydrogens is 226 g/mol. The number of carbonyl (C=O) groups is 1. The number of benzene rings is 1. The van der Waals surface area contributed by atoms with Crippen molar-refractivity contribution in [3.8, 4) is 0 Å². The highest BCUT2D eigenvalue weighted by Crippen LogP contribution is 2.21. The van der Waals surface area contributed by atoms with Gasteiger partial charge in [-0.25, -0.2) is 0 Å². The Bertz CT molecular complexity index is 386. The van der Waals surface area contributed by atoms with E-state index in [2.05, 4.69) is 5.32 Å². The molecule has 1 rings (SSSR count). The molecule has 1 aromatic carbocycles. The van der Waals surface area contributed by atoms with Crippen LogP contribution in [0.4, 0.5) is 5.69 Å². The van der Waals surface area contributed by atoms with Crippen LogP contribution in [0.25, 0.3) is 0 Å². The number of anilines is 1. The van der Waals surface area contributed by atoms with Gasteiger partial charge in [-0.15, -0.1) is 0 Å². The van der Waals surface area contributed by atoms with E-state index >= 15 is 0 Å². The average Bonchev–Trinajstić information content (AvgIpc) is 2.38. The Morgan fingerprint density at radius 3 is 2.39 bits per heavy atom. The van der Waals surface area contributed by atoms with E-state index in [1.807, 2.05) is 45.0 Å². The van der Waals surface area contributed by atoms with Crippen molar-refractivity contribution >= 4 is 11.6 Å². The summed E-state index contributed by atoms with van der Waals surface area (Å²) < 4.78 is 0. The van der Waals surface area contributed by atoms with Gasteiger partial charge in [0.1, 0.15) is 5.60 Å². The van der Waals surface area contributed by atoms with Crippen molar-refractivity contribution in [1.29, 1.82) is 0 Å². The predicted molar refractivity (Wildman–Crippen MR) is 74.6 cm³/mol. The van der Waals surface area contributed by atoms with Gasteiger partial charge in [-0.05, 0) is 31.9 Å². The molecule has 0 fully saturated rings. The van der Waals surface area contributed by atoms with E-state index in [0.717, 1.165) is 24.1 Å². The highest BCUT2D eigenvalue weighted by Gasteiger charge is 2.33. The number of carbonyl (C=O) groups excluding carboxylic acids is 1. The molecule has 1 aromatic rings. The lowest BCUT2D eigenvalue weighted by Crippen LogP contribution is -2.42. The molecule has 100 valence electrons. The molecule has 1 atom stereocenters. The SMILES string of the molecule is CCCC[C@@](O)(CC)C(=O)Nc1ccc(C)cc1. The quantitative estimate of drug-likeness (QED) is 0.813. The standard InChI is InChI=1S/C15H23NO2/c1-4-6-11-15(18,5-2)14(17)16-13-9-7-12(3)8-10-13/h7-10,18H,4-6,11H2,1-3H3,(H,16,17)/t15-/m0/s1. The van der Waals surface area contributed by atoms with Gasteiger partial charge in [-0.1, -0.05) is 44.4 Å². The Hall–Kier alpha value is -1.35. The average molecular weight is 249 g/mol. The van der Waals surface area contributed by atoms with E-state index in [9.17, 15) is 9.90 Å². The molecule has 18 heavy (non-hydrogen) atoms. The van der Waals surface area contributed by atoms with Crippen LogP contribution in [0, 0.1) is 6.92 Å². The summed E-state index contributed by atoms with van der Waals surface area (Å²) in [7, 11) is 0. The molecule has 0 aliphatic rings. The highest BCUT2D eigenvalue weighted by molar-refractivity contribution is 5.97. The topological polar surface area (TPSA) is 49.3 Å². The van der Waals surface area contributed by atoms with Gasteiger partial charge in [0.15, 0.2) is 0 Å². The minimum atomic E-state index is -1.25. The van der Waals surface area contributed by atoms with E-state index in [4.69, 9.17) is 0 Å². The molecule has 0 bridgehead atoms. The summed E-state index contributed by atoms with van der Waals surface area (Å²) in [5.74, 6) is -0.303. The lowest BCUT2D eigenvalue weighted by molar-refractivity contribution is -0.135. The summed E-state index contributed by atoms with van der Waals surface area (Å²) in [5, 5.41) is 13.1. The first-order valence-electron chi connectivity index (χ1n) is 6.62. The Kier molecular flexibility index (Phi) is 5.35. The molecular formula is C15H23NO2. The van der Waals surface area contributed by atoms with Crippen LogP contribution in [0.1, 0.15) is 45.1 Å². The van der Waals surface area contributed by atoms with Crippen molar-refractivity contribution in [2.75, 3.05) is 5.32 Å². The summed E-state index contributed by atoms with van der Waals surface area (Å²) >= 11 is 0. The largest absolute Gasteiger partial charge is 0.380 e. The van der Waals surface area contributed by atoms with Crippen LogP contribution in [0.3, 0.4) is 0 Å². The molecule has 0 saturated carbocycles. The maximum atomic E-state index is 12.1. The maximum Gasteiger partial charge on any atom is 0.256 e. The van der Waals surface area contributed by atoms with Crippen LogP contribution in [-0.2, 0) is 4.79 Å². The van der Waals surface area contributed by atoms with E-state index in [-0.39, 0.29) is 5.91 Å². The third-order valence-corrected chi connectivity index (χ3v) is 3.26. The van der Waals surface area contributed by atoms with Gasteiger partial charge in [-0.2, -0.15) is 0 Å². The first-order chi connectivity index (χ1) is 8.51. The Morgan fingerprint density at radius 2 is 1.89 bits per heavy atom. The van der Waals surface area contributed by atoms with Gasteiger partial charge in [-0.3, -0.25) is 4.79 Å². The number of aryl methyl sites for hydroxylation is 1. The predicted octanol–water partition coefficient (Wildman–Crippen LogP) is 3.26. The second-order valence-corrected chi connectivity index (χ2v) is 4.81. The normalized spacial score (nSPS) is 14.0. The zero-order chi connectivity index (χ0) is 13.6. The molecule has 0 saturated heterocycles. The summed E-state index contributed by atoms with van der Waals surface area (Å²) in [5.41, 5.74) is 0.625. The van der Waals surface area contributed by atoms with E-state index in [0.29, 0.717) is 12.8 Å². The van der Waals surface area contributed by atoms with Crippen LogP contribution in [0.15, 0.2) is 24.3 Å². The molecule has 0 aliphatic heterocycles. The van der Waals surface area contributed by atoms with Crippen molar-refractivity contribution in [1.82, 2.24) is 0 Å². The van der Waals surface area contributed by atoms with E-state index in [1.54, 1.807) is 0 Å². The van der Waals surface area contributed by atoms with Crippen LogP contribution in [-0.4, -0.2) is 16.6 Å². The second-order valence-electron chi connectivity index (χ2n) is 4.81. The number of aliphatic hydroxyl groups is 1. The van der Waals surface area contributed by atoms with Crippen LogP contribution in [0.2, 0.25) is 0 Å². The van der Waals surface area contributed by atoms with E-state index in [1.165, 1.54) is 0 Å². The molecule has 3 nitrogen and oxygen atoms in total. The van der Waals surface area contributed by atoms with Gasteiger partial charge in [0.2, 0.25) is 0 Å². The third-order valence-electron chi connectivity index (χ3n) is 3.26. The first-order valence-corrected chi connectivity index (χ1v) is 6.62. The second kappa shape index (κ2) is 6.55. The highest BCUT2D eigenvalue weighted by atomic mass is 16.3. The fraction of sp³-hybridized carbons (Fsp3) is 0.533. The lowest BCUT2D eigenvalue weighted by Gasteiger charge is -2.25. The fourth-order valence-electron chi connectivity index (χ4n) is 1.80. The van der Waals surface area contributed by atoms with Crippen molar-refractivity contribution in [3.63, 3.8) is 0 Å². The summed E-state index contributed by atoms with van der Waals surface area (Å²) in [6, 6.07) is 7.57. The number of unbranched alkanes of at least 4 members (excludes halogenated alkanes) is 1. The number of rotatable bonds is 6. The van der Waals surface area contributed by atoms with Crippen LogP contribution in [0.5, 0.6) is 0 Å². The summed E-state index contributed by atoms with van der Waals surface area (Å²) in [6.45, 7) is 5.88. The zero-order valence-corrected chi connectivity index (χ0v) is 11.5. The first kappa shape index (κ1) is 14.7. The fourth-order valence-corrected chi connectivity index (χ4v) is 1.80. The number of amides is 1. The molecule has 1 amide bonds. The zero-order valence-electron chi connectivity index (χ0n) is 11.5. The minimum absolute atomic E-state index is 0.303. The summed E-state index contributed by atoms with van der Waals surface area (Å²) in [4.78, 5) is 12.1. The molecule has 3 heteroatoms. The van der Waals surface area contributed by atoms with Crippen molar-refractivity contribution in [3.05, 3.63) is 29.8 Å². The van der Waals surface area contributed by atoms with E-state index < -0.39 is 5.60 Å². The summed E-state index contributed by atoms with van der Waals surface area (Å²) in [6.07, 6.45) is 2.77. The molecule has 2 N–H and O–H groups in total. The monoisotopic (exact) mass is 249 g/mol. The molecule has 0 radical (unpaired) electrons. The molecule has 0 aliphatic carbocycles. The van der Waals surface area contributed by atoms with Gasteiger partial charge >= 0.3 is 0 Å². The van der Waals surface area contributed by atoms with Crippen molar-refractivity contribution in [2.24, 2.45) is 0 Å². The lowest BCUT2D eigenvalue weighted by atomic mass is 9.93. The number of hydrogen-bond acceptors (Lipinski definition) is 2. The number of nitrogens with one attached hydrogen (secondary N) is 1. The maximum absolute atomic E-state index is 12.1. The Morgan fingerprint density at radius 1 is 1.28 bits per heavy atom. The molecule has 0 spiro atoms. The molecule has 0 aromatic heterocycles. The number of hydrogen-bond donors (Lipinski definition) is 2. The minimum Gasteiger partial charge on any atom is -0.380 e. The van der Waals surface area contributed by atoms with Gasteiger partial charge in [0, 0.05) is 5.69 Å². The van der Waals surface area contributed by atoms with Crippen molar-refractivity contribution < 1.29 is 9.90 Å². The molecule has 0 unspecified atom stereocenters. The van der Waals surface area contributed by atoms with Gasteiger partial charge < -0.3 is 10.4 Å².